The Morgan fingerprint density at radius 1 is 1.45 bits per heavy atom. The van der Waals surface area contributed by atoms with Gasteiger partial charge in [-0.2, -0.15) is 0 Å². The Morgan fingerprint density at radius 2 is 2.35 bits per heavy atom. The van der Waals surface area contributed by atoms with Crippen LogP contribution in [0, 0.1) is 0 Å². The molecule has 0 aliphatic heterocycles. The summed E-state index contributed by atoms with van der Waals surface area (Å²) < 4.78 is 1.79. The van der Waals surface area contributed by atoms with Crippen molar-refractivity contribution < 1.29 is 5.21 Å². The van der Waals surface area contributed by atoms with Crippen molar-refractivity contribution in [2.24, 2.45) is 10.9 Å². The fourth-order valence-corrected chi connectivity index (χ4v) is 1.80. The summed E-state index contributed by atoms with van der Waals surface area (Å²) in [7, 11) is 0. The molecule has 0 saturated heterocycles. The molecule has 0 radical (unpaired) electrons. The molecule has 0 amide bonds. The van der Waals surface area contributed by atoms with Crippen molar-refractivity contribution in [3.63, 3.8) is 0 Å². The van der Waals surface area contributed by atoms with Crippen LogP contribution in [-0.2, 0) is 13.1 Å². The normalized spacial score (nSPS) is 11.7. The van der Waals surface area contributed by atoms with Gasteiger partial charge >= 0.3 is 0 Å². The molecule has 2 aromatic heterocycles. The van der Waals surface area contributed by atoms with E-state index in [-0.39, 0.29) is 5.84 Å². The molecular weight excluding hydrogens is 258 g/mol. The zero-order chi connectivity index (χ0) is 14.2. The first-order valence-corrected chi connectivity index (χ1v) is 6.28. The number of aryl methyl sites for hydroxylation is 1. The van der Waals surface area contributed by atoms with Crippen molar-refractivity contribution in [3.8, 4) is 0 Å². The van der Waals surface area contributed by atoms with Gasteiger partial charge in [0.25, 0.3) is 0 Å². The molecule has 0 fully saturated rings. The Bertz CT molecular complexity index is 553. The highest BCUT2D eigenvalue weighted by atomic mass is 16.4. The summed E-state index contributed by atoms with van der Waals surface area (Å²) in [4.78, 5) is 4.11. The topological polar surface area (TPSA) is 114 Å². The fourth-order valence-electron chi connectivity index (χ4n) is 1.80. The first-order valence-electron chi connectivity index (χ1n) is 6.28. The standard InChI is InChI=1S/C12H17N7O/c13-12(17-20)11-10(3-1-5-15-11)9-14-4-2-7-19-8-6-16-18-19/h1,3,5-6,8,14,20H,2,4,7,9H2,(H2,13,17). The lowest BCUT2D eigenvalue weighted by Gasteiger charge is -2.08. The van der Waals surface area contributed by atoms with Gasteiger partial charge in [0.1, 0.15) is 5.69 Å². The summed E-state index contributed by atoms with van der Waals surface area (Å²) >= 11 is 0. The van der Waals surface area contributed by atoms with Crippen molar-refractivity contribution >= 4 is 5.84 Å². The van der Waals surface area contributed by atoms with Crippen LogP contribution in [-0.4, -0.2) is 37.6 Å². The van der Waals surface area contributed by atoms with Crippen LogP contribution in [0.15, 0.2) is 35.9 Å². The molecule has 2 aromatic rings. The van der Waals surface area contributed by atoms with Gasteiger partial charge in [0, 0.05) is 25.5 Å². The van der Waals surface area contributed by atoms with Crippen LogP contribution in [0.1, 0.15) is 17.7 Å². The summed E-state index contributed by atoms with van der Waals surface area (Å²) in [6.45, 7) is 2.24. The van der Waals surface area contributed by atoms with E-state index in [9.17, 15) is 0 Å². The Morgan fingerprint density at radius 3 is 3.10 bits per heavy atom. The minimum atomic E-state index is 0.0185. The van der Waals surface area contributed by atoms with Crippen LogP contribution in [0.4, 0.5) is 0 Å². The number of nitrogens with two attached hydrogens (primary N) is 1. The smallest absolute Gasteiger partial charge is 0.189 e. The van der Waals surface area contributed by atoms with Gasteiger partial charge in [0.15, 0.2) is 5.84 Å². The van der Waals surface area contributed by atoms with Crippen LogP contribution >= 0.6 is 0 Å². The summed E-state index contributed by atoms with van der Waals surface area (Å²) in [5, 5.41) is 22.6. The molecule has 8 nitrogen and oxygen atoms in total. The summed E-state index contributed by atoms with van der Waals surface area (Å²) in [6, 6.07) is 3.71. The predicted molar refractivity (Wildman–Crippen MR) is 73.1 cm³/mol. The van der Waals surface area contributed by atoms with E-state index in [0.717, 1.165) is 25.1 Å². The Hall–Kier alpha value is -2.48. The average molecular weight is 275 g/mol. The number of hydrogen-bond donors (Lipinski definition) is 3. The molecule has 0 spiro atoms. The molecule has 4 N–H and O–H groups in total. The van der Waals surface area contributed by atoms with Crippen LogP contribution in [0.25, 0.3) is 0 Å². The first kappa shape index (κ1) is 13.9. The van der Waals surface area contributed by atoms with E-state index >= 15 is 0 Å². The Labute approximate surface area is 116 Å². The van der Waals surface area contributed by atoms with Crippen LogP contribution in [0.5, 0.6) is 0 Å². The SMILES string of the molecule is N/C(=N/O)c1ncccc1CNCCCn1ccnn1. The molecule has 0 saturated carbocycles. The van der Waals surface area contributed by atoms with Gasteiger partial charge in [0.05, 0.1) is 6.20 Å². The van der Waals surface area contributed by atoms with E-state index in [4.69, 9.17) is 10.9 Å². The number of nitrogens with one attached hydrogen (secondary N) is 1. The van der Waals surface area contributed by atoms with Gasteiger partial charge < -0.3 is 16.3 Å². The molecule has 0 bridgehead atoms. The summed E-state index contributed by atoms with van der Waals surface area (Å²) in [5.74, 6) is 0.0185. The second-order valence-corrected chi connectivity index (χ2v) is 4.19. The fraction of sp³-hybridized carbons (Fsp3) is 0.333. The van der Waals surface area contributed by atoms with E-state index in [1.807, 2.05) is 18.3 Å². The molecular formula is C12H17N7O. The maximum absolute atomic E-state index is 8.71. The van der Waals surface area contributed by atoms with E-state index in [2.05, 4.69) is 25.8 Å². The lowest BCUT2D eigenvalue weighted by Crippen LogP contribution is -2.22. The third kappa shape index (κ3) is 3.75. The maximum atomic E-state index is 8.71. The average Bonchev–Trinajstić information content (AvgIpc) is 3.00. The molecule has 0 aromatic carbocycles. The van der Waals surface area contributed by atoms with Crippen molar-refractivity contribution in [1.29, 1.82) is 0 Å². The first-order chi connectivity index (χ1) is 9.81. The van der Waals surface area contributed by atoms with Gasteiger partial charge in [-0.15, -0.1) is 5.10 Å². The molecule has 106 valence electrons. The molecule has 0 aliphatic rings. The lowest BCUT2D eigenvalue weighted by molar-refractivity contribution is 0.318. The minimum Gasteiger partial charge on any atom is -0.409 e. The maximum Gasteiger partial charge on any atom is 0.189 e. The van der Waals surface area contributed by atoms with Gasteiger partial charge in [-0.1, -0.05) is 16.4 Å². The van der Waals surface area contributed by atoms with Crippen molar-refractivity contribution in [3.05, 3.63) is 42.0 Å². The highest BCUT2D eigenvalue weighted by molar-refractivity contribution is 5.96. The largest absolute Gasteiger partial charge is 0.409 e. The van der Waals surface area contributed by atoms with E-state index in [1.165, 1.54) is 0 Å². The Kier molecular flexibility index (Phi) is 5.01. The molecule has 0 atom stereocenters. The Balaban J connectivity index is 1.79. The molecule has 8 heteroatoms. The van der Waals surface area contributed by atoms with Crippen LogP contribution in [0.2, 0.25) is 0 Å². The number of amidine groups is 1. The zero-order valence-electron chi connectivity index (χ0n) is 11.0. The third-order valence-electron chi connectivity index (χ3n) is 2.77. The van der Waals surface area contributed by atoms with E-state index < -0.39 is 0 Å². The van der Waals surface area contributed by atoms with E-state index in [1.54, 1.807) is 17.1 Å². The van der Waals surface area contributed by atoms with Crippen LogP contribution in [0.3, 0.4) is 0 Å². The van der Waals surface area contributed by atoms with Crippen LogP contribution < -0.4 is 11.1 Å². The van der Waals surface area contributed by atoms with Gasteiger partial charge in [-0.3, -0.25) is 9.67 Å². The van der Waals surface area contributed by atoms with E-state index in [0.29, 0.717) is 12.2 Å². The second kappa shape index (κ2) is 7.19. The lowest BCUT2D eigenvalue weighted by atomic mass is 10.2. The molecule has 2 heterocycles. The number of aromatic nitrogens is 4. The second-order valence-electron chi connectivity index (χ2n) is 4.19. The number of rotatable bonds is 7. The molecule has 0 aliphatic carbocycles. The quantitative estimate of drug-likeness (QED) is 0.214. The predicted octanol–water partition coefficient (Wildman–Crippen LogP) is -0.0525. The third-order valence-corrected chi connectivity index (χ3v) is 2.77. The monoisotopic (exact) mass is 275 g/mol. The van der Waals surface area contributed by atoms with Gasteiger partial charge in [0.2, 0.25) is 0 Å². The highest BCUT2D eigenvalue weighted by Crippen LogP contribution is 2.04. The van der Waals surface area contributed by atoms with Crippen molar-refractivity contribution in [2.75, 3.05) is 6.54 Å². The molecule has 20 heavy (non-hydrogen) atoms. The number of hydrogen-bond acceptors (Lipinski definition) is 6. The number of pyridine rings is 1. The minimum absolute atomic E-state index is 0.0185. The highest BCUT2D eigenvalue weighted by Gasteiger charge is 2.07. The number of oxime groups is 1. The van der Waals surface area contributed by atoms with Crippen molar-refractivity contribution in [1.82, 2.24) is 25.3 Å². The van der Waals surface area contributed by atoms with Gasteiger partial charge in [-0.25, -0.2) is 0 Å². The van der Waals surface area contributed by atoms with Crippen molar-refractivity contribution in [2.45, 2.75) is 19.5 Å². The zero-order valence-corrected chi connectivity index (χ0v) is 11.0. The summed E-state index contributed by atoms with van der Waals surface area (Å²) in [5.41, 5.74) is 6.97. The molecule has 2 rings (SSSR count). The van der Waals surface area contributed by atoms with Gasteiger partial charge in [-0.05, 0) is 24.6 Å². The number of nitrogens with zero attached hydrogens (tertiary/aromatic N) is 5. The summed E-state index contributed by atoms with van der Waals surface area (Å²) in [6.07, 6.45) is 6.04. The molecule has 0 unspecified atom stereocenters.